The third-order valence-electron chi connectivity index (χ3n) is 9.15. The quantitative estimate of drug-likeness (QED) is 0.139. The maximum absolute atomic E-state index is 13.9. The number of benzene rings is 2. The maximum Gasteiger partial charge on any atom is 0.271 e. The van der Waals surface area contributed by atoms with Crippen molar-refractivity contribution in [3.63, 3.8) is 0 Å². The third kappa shape index (κ3) is 5.67. The first-order chi connectivity index (χ1) is 21.7. The molecule has 2 fully saturated rings. The lowest BCUT2D eigenvalue weighted by atomic mass is 9.69. The van der Waals surface area contributed by atoms with Crippen molar-refractivity contribution in [1.82, 2.24) is 4.98 Å². The first kappa shape index (κ1) is 30.4. The summed E-state index contributed by atoms with van der Waals surface area (Å²) >= 11 is 0. The van der Waals surface area contributed by atoms with Gasteiger partial charge >= 0.3 is 0 Å². The number of aromatic hydroxyl groups is 1. The number of anilines is 1. The lowest BCUT2D eigenvalue weighted by molar-refractivity contribution is -0.384. The van der Waals surface area contributed by atoms with E-state index in [9.17, 15) is 24.8 Å². The molecule has 3 heterocycles. The van der Waals surface area contributed by atoms with Gasteiger partial charge < -0.3 is 14.6 Å². The van der Waals surface area contributed by atoms with Crippen molar-refractivity contribution in [3.05, 3.63) is 104 Å². The molecule has 3 aromatic rings. The first-order valence-electron chi connectivity index (χ1n) is 15.0. The molecule has 3 aliphatic rings. The summed E-state index contributed by atoms with van der Waals surface area (Å²) in [5, 5.41) is 21.7. The molecule has 2 aromatic carbocycles. The summed E-state index contributed by atoms with van der Waals surface area (Å²) in [6, 6.07) is 15.3. The third-order valence-corrected chi connectivity index (χ3v) is 9.15. The number of pyridine rings is 1. The lowest BCUT2D eigenvalue weighted by Gasteiger charge is -2.31. The van der Waals surface area contributed by atoms with Crippen LogP contribution < -0.4 is 4.90 Å². The van der Waals surface area contributed by atoms with E-state index in [4.69, 9.17) is 9.47 Å². The number of hydrogen-bond donors (Lipinski definition) is 1. The summed E-state index contributed by atoms with van der Waals surface area (Å²) in [5.41, 5.74) is 6.44. The maximum atomic E-state index is 13.9. The summed E-state index contributed by atoms with van der Waals surface area (Å²) in [4.78, 5) is 44.1. The second-order valence-corrected chi connectivity index (χ2v) is 12.0. The summed E-state index contributed by atoms with van der Waals surface area (Å²) in [5.74, 6) is -1.88. The molecule has 2 saturated heterocycles. The number of aryl methyl sites for hydroxylation is 2. The second kappa shape index (κ2) is 12.4. The zero-order valence-corrected chi connectivity index (χ0v) is 25.4. The van der Waals surface area contributed by atoms with Gasteiger partial charge in [-0.25, -0.2) is 4.90 Å². The monoisotopic (exact) mass is 609 g/mol. The highest BCUT2D eigenvalue weighted by molar-refractivity contribution is 6.22. The van der Waals surface area contributed by atoms with Crippen LogP contribution >= 0.6 is 0 Å². The highest BCUT2D eigenvalue weighted by atomic mass is 16.6. The van der Waals surface area contributed by atoms with Crippen LogP contribution in [0.5, 0.6) is 5.75 Å². The summed E-state index contributed by atoms with van der Waals surface area (Å²) in [7, 11) is 1.61. The fourth-order valence-corrected chi connectivity index (χ4v) is 7.17. The Kier molecular flexibility index (Phi) is 8.35. The minimum absolute atomic E-state index is 0.180. The molecule has 0 bridgehead atoms. The van der Waals surface area contributed by atoms with Crippen LogP contribution in [0, 0.1) is 41.7 Å². The molecule has 0 unspecified atom stereocenters. The van der Waals surface area contributed by atoms with Crippen LogP contribution in [0.2, 0.25) is 0 Å². The van der Waals surface area contributed by atoms with Crippen LogP contribution in [0.1, 0.15) is 41.6 Å². The van der Waals surface area contributed by atoms with E-state index in [-0.39, 0.29) is 41.0 Å². The standard InChI is InChI=1S/C35H35N3O7/c1-20-13-22(14-21(2)33(20)39)15-23(29-9-4-5-12-36-29)10-11-30-31-24(18-44-3)16-27-32(28(31)19-45-30)35(41)37(34(27)40)25-7-6-8-26(17-25)38(42)43/h4-9,12-15,17,27-28,30,32,39H,10-11,16,18-19H2,1-3H3/b23-15-/t27-,28+,30-,32-/m1/s1. The van der Waals surface area contributed by atoms with Gasteiger partial charge in [-0.15, -0.1) is 0 Å². The van der Waals surface area contributed by atoms with Crippen LogP contribution in [0.4, 0.5) is 11.4 Å². The molecule has 1 N–H and O–H groups in total. The van der Waals surface area contributed by atoms with Crippen LogP contribution in [-0.2, 0) is 19.1 Å². The Labute approximate surface area is 261 Å². The lowest BCUT2D eigenvalue weighted by Crippen LogP contribution is -2.35. The van der Waals surface area contributed by atoms with E-state index in [2.05, 4.69) is 11.1 Å². The van der Waals surface area contributed by atoms with Crippen molar-refractivity contribution in [1.29, 1.82) is 0 Å². The number of aromatic nitrogens is 1. The van der Waals surface area contributed by atoms with Crippen molar-refractivity contribution in [2.45, 2.75) is 39.2 Å². The van der Waals surface area contributed by atoms with Gasteiger partial charge in [-0.2, -0.15) is 0 Å². The van der Waals surface area contributed by atoms with Gasteiger partial charge in [0.15, 0.2) is 0 Å². The molecular weight excluding hydrogens is 574 g/mol. The predicted molar refractivity (Wildman–Crippen MR) is 168 cm³/mol. The number of phenols is 1. The number of carbonyl (C=O) groups excluding carboxylic acids is 2. The molecule has 0 saturated carbocycles. The van der Waals surface area contributed by atoms with Gasteiger partial charge in [0.05, 0.1) is 47.5 Å². The van der Waals surface area contributed by atoms with E-state index in [0.29, 0.717) is 32.5 Å². The molecule has 45 heavy (non-hydrogen) atoms. The normalized spacial score (nSPS) is 23.0. The number of ether oxygens (including phenoxy) is 2. The van der Waals surface area contributed by atoms with E-state index in [1.807, 2.05) is 44.2 Å². The van der Waals surface area contributed by atoms with E-state index in [0.717, 1.165) is 44.0 Å². The molecule has 10 nitrogen and oxygen atoms in total. The molecule has 6 rings (SSSR count). The van der Waals surface area contributed by atoms with Gasteiger partial charge in [-0.3, -0.25) is 24.7 Å². The molecule has 1 aromatic heterocycles. The molecule has 0 spiro atoms. The highest BCUT2D eigenvalue weighted by Gasteiger charge is 2.57. The predicted octanol–water partition coefficient (Wildman–Crippen LogP) is 5.80. The van der Waals surface area contributed by atoms with Crippen LogP contribution in [0.25, 0.3) is 11.6 Å². The van der Waals surface area contributed by atoms with Gasteiger partial charge in [0.25, 0.3) is 5.69 Å². The number of non-ortho nitro benzene ring substituents is 1. The fraction of sp³-hybridized carbons (Fsp3) is 0.343. The Balaban J connectivity index is 1.29. The Bertz CT molecular complexity index is 1710. The zero-order chi connectivity index (χ0) is 31.8. The van der Waals surface area contributed by atoms with E-state index in [1.165, 1.54) is 18.2 Å². The number of amides is 2. The summed E-state index contributed by atoms with van der Waals surface area (Å²) in [6.07, 6.45) is 5.21. The molecule has 2 amide bonds. The van der Waals surface area contributed by atoms with Crippen molar-refractivity contribution >= 4 is 34.8 Å². The zero-order valence-electron chi connectivity index (χ0n) is 25.4. The van der Waals surface area contributed by atoms with Crippen molar-refractivity contribution in [2.75, 3.05) is 25.2 Å². The van der Waals surface area contributed by atoms with Crippen molar-refractivity contribution < 1.29 is 29.1 Å². The van der Waals surface area contributed by atoms with Crippen LogP contribution in [-0.4, -0.2) is 53.3 Å². The number of nitro benzene ring substituents is 1. The molecule has 2 aliphatic heterocycles. The number of fused-ring (bicyclic) bond motifs is 3. The number of methoxy groups -OCH3 is 1. The average molecular weight is 610 g/mol. The number of phenolic OH excluding ortho intramolecular Hbond substituents is 1. The van der Waals surface area contributed by atoms with Gasteiger partial charge in [0, 0.05) is 31.4 Å². The fourth-order valence-electron chi connectivity index (χ4n) is 7.17. The molecule has 0 radical (unpaired) electrons. The number of hydrogen-bond acceptors (Lipinski definition) is 8. The summed E-state index contributed by atoms with van der Waals surface area (Å²) < 4.78 is 12.0. The Hall–Kier alpha value is -4.67. The second-order valence-electron chi connectivity index (χ2n) is 12.0. The van der Waals surface area contributed by atoms with Gasteiger partial charge in [0.1, 0.15) is 5.75 Å². The van der Waals surface area contributed by atoms with Gasteiger partial charge in [-0.1, -0.05) is 12.1 Å². The molecule has 10 heteroatoms. The Morgan fingerprint density at radius 2 is 1.89 bits per heavy atom. The average Bonchev–Trinajstić information content (AvgIpc) is 3.56. The highest BCUT2D eigenvalue weighted by Crippen LogP contribution is 2.51. The van der Waals surface area contributed by atoms with Gasteiger partial charge in [0.2, 0.25) is 11.8 Å². The Morgan fingerprint density at radius 3 is 2.58 bits per heavy atom. The number of imide groups is 1. The van der Waals surface area contributed by atoms with Crippen LogP contribution in [0.15, 0.2) is 71.9 Å². The molecular formula is C35H35N3O7. The smallest absolute Gasteiger partial charge is 0.271 e. The van der Waals surface area contributed by atoms with E-state index in [1.54, 1.807) is 19.4 Å². The molecule has 232 valence electrons. The van der Waals surface area contributed by atoms with Crippen molar-refractivity contribution in [2.24, 2.45) is 17.8 Å². The summed E-state index contributed by atoms with van der Waals surface area (Å²) in [6.45, 7) is 4.38. The number of rotatable bonds is 9. The minimum Gasteiger partial charge on any atom is -0.507 e. The molecule has 1 aliphatic carbocycles. The van der Waals surface area contributed by atoms with E-state index >= 15 is 0 Å². The number of nitrogens with zero attached hydrogens (tertiary/aromatic N) is 3. The number of carbonyl (C=O) groups is 2. The van der Waals surface area contributed by atoms with E-state index < -0.39 is 16.8 Å². The largest absolute Gasteiger partial charge is 0.507 e. The number of nitro groups is 1. The first-order valence-corrected chi connectivity index (χ1v) is 15.0. The van der Waals surface area contributed by atoms with Gasteiger partial charge in [-0.05, 0) is 103 Å². The molecule has 4 atom stereocenters. The van der Waals surface area contributed by atoms with Crippen molar-refractivity contribution in [3.8, 4) is 5.75 Å². The Morgan fingerprint density at radius 1 is 1.11 bits per heavy atom. The SMILES string of the molecule is COCC1=C2[C@@H](CC/C(=C/c3cc(C)c(O)c(C)c3)c3ccccn3)OC[C@@H]2[C@@H]2C(=O)N(c3cccc([N+](=O)[O-])c3)C(=O)[C@@H]2C1. The van der Waals surface area contributed by atoms with Crippen LogP contribution in [0.3, 0.4) is 0 Å². The topological polar surface area (TPSA) is 132 Å². The number of allylic oxidation sites excluding steroid dienone is 1. The minimum atomic E-state index is -0.605.